The zero-order valence-electron chi connectivity index (χ0n) is 11.8. The number of nitrogens with zero attached hydrogens (tertiary/aromatic N) is 1. The van der Waals surface area contributed by atoms with Gasteiger partial charge in [-0.25, -0.2) is 9.37 Å². The zero-order valence-corrected chi connectivity index (χ0v) is 14.2. The first-order valence-electron chi connectivity index (χ1n) is 6.76. The average Bonchev–Trinajstić information content (AvgIpc) is 2.92. The Morgan fingerprint density at radius 3 is 2.78 bits per heavy atom. The van der Waals surface area contributed by atoms with E-state index in [0.29, 0.717) is 20.6 Å². The van der Waals surface area contributed by atoms with Crippen molar-refractivity contribution in [2.45, 2.75) is 6.42 Å². The molecule has 0 unspecified atom stereocenters. The van der Waals surface area contributed by atoms with Crippen molar-refractivity contribution in [2.75, 3.05) is 0 Å². The fraction of sp³-hybridized carbons (Fsp3) is 0.0588. The molecule has 3 aromatic rings. The normalized spacial score (nSPS) is 11.8. The number of carboxylic acids is 1. The van der Waals surface area contributed by atoms with Crippen LogP contribution in [0.2, 0.25) is 0 Å². The van der Waals surface area contributed by atoms with Crippen molar-refractivity contribution in [3.05, 3.63) is 63.3 Å². The summed E-state index contributed by atoms with van der Waals surface area (Å²) in [6.07, 6.45) is 1.34. The van der Waals surface area contributed by atoms with Crippen molar-refractivity contribution in [1.82, 2.24) is 4.98 Å². The van der Waals surface area contributed by atoms with Crippen molar-refractivity contribution in [1.29, 1.82) is 0 Å². The predicted molar refractivity (Wildman–Crippen MR) is 93.8 cm³/mol. The summed E-state index contributed by atoms with van der Waals surface area (Å²) in [5.41, 5.74) is 1.63. The van der Waals surface area contributed by atoms with Gasteiger partial charge in [-0.3, -0.25) is 4.79 Å². The molecule has 0 aliphatic rings. The second-order valence-corrected chi connectivity index (χ2v) is 6.84. The SMILES string of the molecule is O=C(O)C/C(=C\c1ccc(Br)cc1F)c1nc2ccccc2s1. The van der Waals surface area contributed by atoms with Crippen molar-refractivity contribution in [3.8, 4) is 0 Å². The lowest BCUT2D eigenvalue weighted by molar-refractivity contribution is -0.135. The molecule has 0 atom stereocenters. The van der Waals surface area contributed by atoms with Crippen LogP contribution >= 0.6 is 27.3 Å². The van der Waals surface area contributed by atoms with Crippen LogP contribution in [0.5, 0.6) is 0 Å². The second-order valence-electron chi connectivity index (χ2n) is 4.89. The number of fused-ring (bicyclic) bond motifs is 1. The van der Waals surface area contributed by atoms with Gasteiger partial charge in [-0.2, -0.15) is 0 Å². The molecule has 1 N–H and O–H groups in total. The van der Waals surface area contributed by atoms with Crippen LogP contribution in [0.25, 0.3) is 21.9 Å². The van der Waals surface area contributed by atoms with Gasteiger partial charge in [0.05, 0.1) is 16.6 Å². The molecule has 3 rings (SSSR count). The highest BCUT2D eigenvalue weighted by Crippen LogP contribution is 2.31. The largest absolute Gasteiger partial charge is 0.481 e. The van der Waals surface area contributed by atoms with Gasteiger partial charge in [-0.05, 0) is 35.9 Å². The zero-order chi connectivity index (χ0) is 16.4. The van der Waals surface area contributed by atoms with E-state index < -0.39 is 11.8 Å². The van der Waals surface area contributed by atoms with Gasteiger partial charge in [0, 0.05) is 10.0 Å². The van der Waals surface area contributed by atoms with Gasteiger partial charge in [0.2, 0.25) is 0 Å². The lowest BCUT2D eigenvalue weighted by Gasteiger charge is -2.03. The minimum Gasteiger partial charge on any atom is -0.481 e. The van der Waals surface area contributed by atoms with Gasteiger partial charge in [-0.15, -0.1) is 11.3 Å². The molecule has 3 nitrogen and oxygen atoms in total. The van der Waals surface area contributed by atoms with Crippen LogP contribution in [0.1, 0.15) is 17.0 Å². The topological polar surface area (TPSA) is 50.2 Å². The maximum atomic E-state index is 14.0. The number of benzene rings is 2. The molecule has 0 aliphatic heterocycles. The van der Waals surface area contributed by atoms with Crippen molar-refractivity contribution in [3.63, 3.8) is 0 Å². The molecule has 0 fully saturated rings. The Hall–Kier alpha value is -2.05. The molecule has 0 amide bonds. The van der Waals surface area contributed by atoms with Crippen LogP contribution in [-0.4, -0.2) is 16.1 Å². The van der Waals surface area contributed by atoms with Crippen molar-refractivity contribution < 1.29 is 14.3 Å². The first-order valence-corrected chi connectivity index (χ1v) is 8.37. The lowest BCUT2D eigenvalue weighted by atomic mass is 10.1. The van der Waals surface area contributed by atoms with Crippen molar-refractivity contribution >= 4 is 55.1 Å². The summed E-state index contributed by atoms with van der Waals surface area (Å²) in [5, 5.41) is 9.74. The van der Waals surface area contributed by atoms with Crippen LogP contribution < -0.4 is 0 Å². The van der Waals surface area contributed by atoms with E-state index in [0.717, 1.165) is 10.2 Å². The van der Waals surface area contributed by atoms with Crippen LogP contribution in [0, 0.1) is 5.82 Å². The Labute approximate surface area is 144 Å². The number of hydrogen-bond acceptors (Lipinski definition) is 3. The summed E-state index contributed by atoms with van der Waals surface area (Å²) in [6.45, 7) is 0. The smallest absolute Gasteiger partial charge is 0.307 e. The van der Waals surface area contributed by atoms with Gasteiger partial charge in [-0.1, -0.05) is 34.1 Å². The van der Waals surface area contributed by atoms with Crippen LogP contribution in [0.15, 0.2) is 46.9 Å². The summed E-state index contributed by atoms with van der Waals surface area (Å²) >= 11 is 4.61. The monoisotopic (exact) mass is 391 g/mol. The molecule has 0 saturated heterocycles. The second kappa shape index (κ2) is 6.60. The number of para-hydroxylation sites is 1. The summed E-state index contributed by atoms with van der Waals surface area (Å²) in [6, 6.07) is 12.2. The highest BCUT2D eigenvalue weighted by Gasteiger charge is 2.13. The number of carboxylic acid groups (broad SMARTS) is 1. The number of hydrogen-bond donors (Lipinski definition) is 1. The van der Waals surface area contributed by atoms with Crippen LogP contribution in [-0.2, 0) is 4.79 Å². The number of carbonyl (C=O) groups is 1. The number of halogens is 2. The van der Waals surface area contributed by atoms with Gasteiger partial charge < -0.3 is 5.11 Å². The molecule has 1 aromatic heterocycles. The summed E-state index contributed by atoms with van der Waals surface area (Å²) in [5.74, 6) is -1.39. The molecule has 0 radical (unpaired) electrons. The number of aliphatic carboxylic acids is 1. The molecule has 116 valence electrons. The van der Waals surface area contributed by atoms with E-state index in [1.54, 1.807) is 18.2 Å². The fourth-order valence-electron chi connectivity index (χ4n) is 2.17. The number of thiazole rings is 1. The van der Waals surface area contributed by atoms with Gasteiger partial charge in [0.1, 0.15) is 10.8 Å². The van der Waals surface area contributed by atoms with Crippen LogP contribution in [0.3, 0.4) is 0 Å². The van der Waals surface area contributed by atoms with Gasteiger partial charge >= 0.3 is 5.97 Å². The first-order chi connectivity index (χ1) is 11.0. The molecule has 6 heteroatoms. The Morgan fingerprint density at radius 2 is 2.09 bits per heavy atom. The molecule has 0 aliphatic carbocycles. The fourth-order valence-corrected chi connectivity index (χ4v) is 3.48. The molecule has 0 saturated carbocycles. The quantitative estimate of drug-likeness (QED) is 0.663. The van der Waals surface area contributed by atoms with Crippen molar-refractivity contribution in [2.24, 2.45) is 0 Å². The summed E-state index contributed by atoms with van der Waals surface area (Å²) < 4.78 is 15.6. The minimum absolute atomic E-state index is 0.213. The summed E-state index contributed by atoms with van der Waals surface area (Å²) in [4.78, 5) is 15.6. The van der Waals surface area contributed by atoms with E-state index in [2.05, 4.69) is 20.9 Å². The van der Waals surface area contributed by atoms with E-state index >= 15 is 0 Å². The van der Waals surface area contributed by atoms with Gasteiger partial charge in [0.25, 0.3) is 0 Å². The van der Waals surface area contributed by atoms with E-state index in [-0.39, 0.29) is 6.42 Å². The Kier molecular flexibility index (Phi) is 4.54. The first kappa shape index (κ1) is 15.8. The molecular formula is C17H11BrFNO2S. The molecule has 0 spiro atoms. The lowest BCUT2D eigenvalue weighted by Crippen LogP contribution is -1.97. The third kappa shape index (κ3) is 3.65. The van der Waals surface area contributed by atoms with Gasteiger partial charge in [0.15, 0.2) is 0 Å². The standard InChI is InChI=1S/C17H11BrFNO2S/c18-12-6-5-10(13(19)9-12)7-11(8-16(21)22)17-20-14-3-1-2-4-15(14)23-17/h1-7,9H,8H2,(H,21,22)/b11-7+. The third-order valence-electron chi connectivity index (χ3n) is 3.20. The van der Waals surface area contributed by atoms with E-state index in [1.165, 1.54) is 17.4 Å². The Morgan fingerprint density at radius 1 is 1.30 bits per heavy atom. The molecule has 2 aromatic carbocycles. The molecule has 23 heavy (non-hydrogen) atoms. The molecular weight excluding hydrogens is 381 g/mol. The third-order valence-corrected chi connectivity index (χ3v) is 4.81. The number of aromatic nitrogens is 1. The van der Waals surface area contributed by atoms with Crippen LogP contribution in [0.4, 0.5) is 4.39 Å². The van der Waals surface area contributed by atoms with E-state index in [4.69, 9.17) is 5.11 Å². The highest BCUT2D eigenvalue weighted by atomic mass is 79.9. The molecule has 1 heterocycles. The summed E-state index contributed by atoms with van der Waals surface area (Å²) in [7, 11) is 0. The molecule has 0 bridgehead atoms. The maximum Gasteiger partial charge on any atom is 0.307 e. The predicted octanol–water partition coefficient (Wildman–Crippen LogP) is 5.21. The maximum absolute atomic E-state index is 14.0. The average molecular weight is 392 g/mol. The Bertz CT molecular complexity index is 887. The Balaban J connectivity index is 2.09. The minimum atomic E-state index is -0.979. The number of rotatable bonds is 4. The van der Waals surface area contributed by atoms with E-state index in [9.17, 15) is 9.18 Å². The highest BCUT2D eigenvalue weighted by molar-refractivity contribution is 9.10. The van der Waals surface area contributed by atoms with E-state index in [1.807, 2.05) is 24.3 Å².